The Kier molecular flexibility index (Phi) is 34.8. The minimum atomic E-state index is -2.15. The fourth-order valence-corrected chi connectivity index (χ4v) is 26.4. The second kappa shape index (κ2) is 35.3. The van der Waals surface area contributed by atoms with Crippen LogP contribution in [0.15, 0.2) is 0 Å². The van der Waals surface area contributed by atoms with Gasteiger partial charge >= 0.3 is 223 Å². The van der Waals surface area contributed by atoms with E-state index in [0.717, 1.165) is 0 Å². The number of thiophene rings is 1. The van der Waals surface area contributed by atoms with Gasteiger partial charge in [-0.15, -0.1) is 0 Å². The Hall–Kier alpha value is 1.30. The molecule has 0 saturated carbocycles. The number of unbranched alkanes of at least 4 members (excludes halogenated alkanes) is 34. The zero-order valence-electron chi connectivity index (χ0n) is 38.3. The van der Waals surface area contributed by atoms with E-state index in [1.807, 2.05) is 16.9 Å². The van der Waals surface area contributed by atoms with Crippen molar-refractivity contribution in [2.24, 2.45) is 0 Å². The minimum Gasteiger partial charge on any atom is -0.0654 e. The van der Waals surface area contributed by atoms with E-state index in [9.17, 15) is 0 Å². The quantitative estimate of drug-likeness (QED) is 0.0454. The molecule has 0 aromatic carbocycles. The van der Waals surface area contributed by atoms with Crippen molar-refractivity contribution in [2.75, 3.05) is 0 Å². The summed E-state index contributed by atoms with van der Waals surface area (Å²) in [6.07, 6.45) is 55.7. The van der Waals surface area contributed by atoms with Crippen LogP contribution >= 0.6 is 11.3 Å². The van der Waals surface area contributed by atoms with Gasteiger partial charge in [-0.25, -0.2) is 0 Å². The van der Waals surface area contributed by atoms with E-state index in [1.54, 1.807) is 0 Å². The third-order valence-corrected chi connectivity index (χ3v) is 32.4. The van der Waals surface area contributed by atoms with Crippen LogP contribution in [0, 0.1) is 0 Å². The van der Waals surface area contributed by atoms with E-state index in [4.69, 9.17) is 0 Å². The standard InChI is InChI=1S/C44H82S.6CH3.2Sn/c1-3-5-7-9-11-13-15-17-19-21-23-25-27-29-31-33-35-37-39-43-41-45-42-44(43)40-38-36-34-32-30-28-26-24-22-20-18-16-14-12-10-8-6-4-2;;;;;;;;/h3-40H2,1-2H3;6*1H3;;. The summed E-state index contributed by atoms with van der Waals surface area (Å²) in [5.41, 5.74) is 3.84. The first-order valence-electron chi connectivity index (χ1n) is 24.8. The molecule has 1 aromatic rings. The van der Waals surface area contributed by atoms with Gasteiger partial charge in [-0.1, -0.05) is 129 Å². The van der Waals surface area contributed by atoms with Crippen molar-refractivity contribution in [3.05, 3.63) is 11.1 Å². The monoisotopic (exact) mass is 973 g/mol. The van der Waals surface area contributed by atoms with E-state index < -0.39 is 36.8 Å². The first kappa shape index (κ1) is 52.3. The number of hydrogen-bond acceptors (Lipinski definition) is 1. The minimum absolute atomic E-state index is 1.37. The third-order valence-electron chi connectivity index (χ3n) is 12.0. The molecule has 0 aliphatic carbocycles. The van der Waals surface area contributed by atoms with Crippen molar-refractivity contribution >= 4 is 53.9 Å². The predicted octanol–water partition coefficient (Wildman–Crippen LogP) is 18.0. The van der Waals surface area contributed by atoms with Crippen LogP contribution < -0.4 is 5.79 Å². The molecule has 0 fully saturated rings. The normalized spacial score (nSPS) is 12.4. The van der Waals surface area contributed by atoms with Crippen molar-refractivity contribution in [1.29, 1.82) is 0 Å². The summed E-state index contributed by atoms with van der Waals surface area (Å²) >= 11 is -1.92. The summed E-state index contributed by atoms with van der Waals surface area (Å²) in [5, 5.41) is 0. The van der Waals surface area contributed by atoms with Crippen LogP contribution in [0.5, 0.6) is 0 Å². The van der Waals surface area contributed by atoms with Crippen LogP contribution in [0.2, 0.25) is 29.6 Å². The van der Waals surface area contributed by atoms with E-state index in [-0.39, 0.29) is 0 Å². The molecule has 1 aromatic heterocycles. The molecule has 3 heteroatoms. The van der Waals surface area contributed by atoms with Crippen LogP contribution in [0.1, 0.15) is 256 Å². The molecule has 0 N–H and O–H groups in total. The smallest absolute Gasteiger partial charge is 0.0654 e. The van der Waals surface area contributed by atoms with Gasteiger partial charge in [0.2, 0.25) is 0 Å². The Morgan fingerprint density at radius 3 is 0.604 bits per heavy atom. The molecule has 0 amide bonds. The van der Waals surface area contributed by atoms with Crippen LogP contribution in [-0.2, 0) is 12.8 Å². The zero-order chi connectivity index (χ0) is 38.9. The van der Waals surface area contributed by atoms with Gasteiger partial charge in [0.25, 0.3) is 0 Å². The Morgan fingerprint density at radius 1 is 0.264 bits per heavy atom. The molecule has 0 radical (unpaired) electrons. The summed E-state index contributed by atoms with van der Waals surface area (Å²) in [4.78, 5) is 16.2. The van der Waals surface area contributed by atoms with Gasteiger partial charge in [-0.2, -0.15) is 0 Å². The fraction of sp³-hybridized carbons (Fsp3) is 0.920. The topological polar surface area (TPSA) is 0 Å². The van der Waals surface area contributed by atoms with Gasteiger partial charge < -0.3 is 0 Å². The van der Waals surface area contributed by atoms with Crippen molar-refractivity contribution in [3.63, 3.8) is 0 Å². The SMILES string of the molecule is CCCCCCCCCCCCCCCCCCCCc1[c]([Sn]([CH3])([CH3])[CH3])s[c]([Sn]([CH3])([CH3])[CH3])c1CCCCCCCCCCCCCCCCCCCC. The summed E-state index contributed by atoms with van der Waals surface area (Å²) < 4.78 is 3.93. The first-order chi connectivity index (χ1) is 25.6. The van der Waals surface area contributed by atoms with Crippen molar-refractivity contribution in [3.8, 4) is 0 Å². The van der Waals surface area contributed by atoms with E-state index in [2.05, 4.69) is 54.8 Å². The maximum absolute atomic E-state index is 2.70. The fourth-order valence-electron chi connectivity index (χ4n) is 8.65. The number of hydrogen-bond donors (Lipinski definition) is 0. The van der Waals surface area contributed by atoms with Gasteiger partial charge in [0.05, 0.1) is 0 Å². The van der Waals surface area contributed by atoms with Gasteiger partial charge in [0.1, 0.15) is 0 Å². The molecule has 0 bridgehead atoms. The summed E-state index contributed by atoms with van der Waals surface area (Å²) in [6, 6.07) is 0. The Balaban J connectivity index is 2.26. The van der Waals surface area contributed by atoms with Crippen LogP contribution in [0.3, 0.4) is 0 Å². The van der Waals surface area contributed by atoms with Crippen LogP contribution in [0.25, 0.3) is 0 Å². The van der Waals surface area contributed by atoms with Crippen LogP contribution in [0.4, 0.5) is 0 Å². The molecule has 314 valence electrons. The molecule has 0 saturated heterocycles. The third kappa shape index (κ3) is 29.2. The second-order valence-corrected chi connectivity index (χ2v) is 51.4. The van der Waals surface area contributed by atoms with Crippen molar-refractivity contribution < 1.29 is 0 Å². The summed E-state index contributed by atoms with van der Waals surface area (Å²) in [5.74, 6) is 0. The van der Waals surface area contributed by atoms with Crippen molar-refractivity contribution in [2.45, 2.75) is 287 Å². The molecule has 53 heavy (non-hydrogen) atoms. The molecule has 0 atom stereocenters. The molecular formula is C50H100SSn2. The summed E-state index contributed by atoms with van der Waals surface area (Å²) in [7, 11) is 0. The Morgan fingerprint density at radius 2 is 0.434 bits per heavy atom. The molecule has 0 aliphatic heterocycles. The average molecular weight is 971 g/mol. The molecular weight excluding hydrogens is 870 g/mol. The number of rotatable bonds is 40. The van der Waals surface area contributed by atoms with Gasteiger partial charge in [-0.05, 0) is 0 Å². The van der Waals surface area contributed by atoms with Gasteiger partial charge in [-0.3, -0.25) is 0 Å². The Labute approximate surface area is 349 Å². The van der Waals surface area contributed by atoms with Crippen LogP contribution in [-0.4, -0.2) is 36.8 Å². The molecule has 0 nitrogen and oxygen atoms in total. The molecule has 1 heterocycles. The first-order valence-corrected chi connectivity index (χ1v) is 45.6. The Bertz CT molecular complexity index is 847. The van der Waals surface area contributed by atoms with Gasteiger partial charge in [0, 0.05) is 0 Å². The zero-order valence-corrected chi connectivity index (χ0v) is 44.8. The second-order valence-electron chi connectivity index (χ2n) is 19.7. The summed E-state index contributed by atoms with van der Waals surface area (Å²) in [6.45, 7) is 4.63. The maximum atomic E-state index is 2.70. The molecule has 0 unspecified atom stereocenters. The molecule has 1 rings (SSSR count). The molecule has 0 spiro atoms. The van der Waals surface area contributed by atoms with Crippen molar-refractivity contribution in [1.82, 2.24) is 0 Å². The van der Waals surface area contributed by atoms with Gasteiger partial charge in [0.15, 0.2) is 0 Å². The van der Waals surface area contributed by atoms with E-state index in [0.29, 0.717) is 0 Å². The van der Waals surface area contributed by atoms with E-state index in [1.165, 1.54) is 244 Å². The van der Waals surface area contributed by atoms with E-state index >= 15 is 0 Å². The average Bonchev–Trinajstić information content (AvgIpc) is 3.50. The predicted molar refractivity (Wildman–Crippen MR) is 255 cm³/mol. The molecule has 0 aliphatic rings.